The van der Waals surface area contributed by atoms with Crippen LogP contribution in [0.25, 0.3) is 0 Å². The monoisotopic (exact) mass is 556 g/mol. The molecule has 40 heavy (non-hydrogen) atoms. The SMILES string of the molecule is CCCc1ccc(P(c2ccc(C)c(C)c2C)c2ccc(CCC)c(CCC)c2CCC)c(CCC)c1CCC. The summed E-state index contributed by atoms with van der Waals surface area (Å²) in [5.41, 5.74) is 14.3. The molecule has 3 aromatic carbocycles. The molecule has 0 aromatic heterocycles. The Hall–Kier alpha value is -1.91. The Morgan fingerprint density at radius 1 is 0.400 bits per heavy atom. The summed E-state index contributed by atoms with van der Waals surface area (Å²) in [6, 6.07) is 15.1. The number of benzene rings is 3. The van der Waals surface area contributed by atoms with Gasteiger partial charge >= 0.3 is 0 Å². The lowest BCUT2D eigenvalue weighted by Crippen LogP contribution is -2.30. The molecule has 1 heteroatoms. The molecule has 218 valence electrons. The fourth-order valence-corrected chi connectivity index (χ4v) is 9.62. The van der Waals surface area contributed by atoms with E-state index in [4.69, 9.17) is 0 Å². The van der Waals surface area contributed by atoms with E-state index in [1.165, 1.54) is 93.7 Å². The third kappa shape index (κ3) is 7.10. The van der Waals surface area contributed by atoms with Gasteiger partial charge in [0.15, 0.2) is 0 Å². The van der Waals surface area contributed by atoms with Crippen LogP contribution in [-0.4, -0.2) is 0 Å². The second-order valence-electron chi connectivity index (χ2n) is 11.9. The molecule has 0 radical (unpaired) electrons. The summed E-state index contributed by atoms with van der Waals surface area (Å²) in [7, 11) is -0.657. The highest BCUT2D eigenvalue weighted by molar-refractivity contribution is 7.80. The van der Waals surface area contributed by atoms with Crippen LogP contribution in [0, 0.1) is 20.8 Å². The largest absolute Gasteiger partial charge is 0.0651 e. The van der Waals surface area contributed by atoms with Gasteiger partial charge in [0.1, 0.15) is 0 Å². The summed E-state index contributed by atoms with van der Waals surface area (Å²) in [5.74, 6) is 0. The lowest BCUT2D eigenvalue weighted by molar-refractivity contribution is 0.828. The Balaban J connectivity index is 2.48. The van der Waals surface area contributed by atoms with Gasteiger partial charge in [-0.05, 0) is 133 Å². The molecule has 0 saturated carbocycles. The lowest BCUT2D eigenvalue weighted by atomic mass is 9.92. The van der Waals surface area contributed by atoms with Crippen LogP contribution in [0.1, 0.15) is 130 Å². The third-order valence-corrected chi connectivity index (χ3v) is 11.6. The van der Waals surface area contributed by atoms with Crippen molar-refractivity contribution in [3.63, 3.8) is 0 Å². The summed E-state index contributed by atoms with van der Waals surface area (Å²) >= 11 is 0. The summed E-state index contributed by atoms with van der Waals surface area (Å²) in [6.07, 6.45) is 14.4. The second kappa shape index (κ2) is 15.9. The van der Waals surface area contributed by atoms with Crippen molar-refractivity contribution in [2.75, 3.05) is 0 Å². The number of rotatable bonds is 15. The molecule has 0 saturated heterocycles. The Morgan fingerprint density at radius 2 is 0.775 bits per heavy atom. The Bertz CT molecular complexity index is 1180. The van der Waals surface area contributed by atoms with E-state index in [9.17, 15) is 0 Å². The van der Waals surface area contributed by atoms with Crippen molar-refractivity contribution in [1.82, 2.24) is 0 Å². The molecule has 0 nitrogen and oxygen atoms in total. The molecule has 0 aliphatic rings. The van der Waals surface area contributed by atoms with Gasteiger partial charge in [-0.2, -0.15) is 0 Å². The van der Waals surface area contributed by atoms with Gasteiger partial charge in [0.05, 0.1) is 0 Å². The molecule has 0 bridgehead atoms. The van der Waals surface area contributed by atoms with Gasteiger partial charge in [0, 0.05) is 0 Å². The topological polar surface area (TPSA) is 0 Å². The Morgan fingerprint density at radius 3 is 1.18 bits per heavy atom. The van der Waals surface area contributed by atoms with E-state index >= 15 is 0 Å². The molecule has 0 amide bonds. The molecule has 0 spiro atoms. The minimum atomic E-state index is -0.657. The lowest BCUT2D eigenvalue weighted by Gasteiger charge is -2.30. The maximum atomic E-state index is 2.57. The van der Waals surface area contributed by atoms with Crippen LogP contribution in [0.15, 0.2) is 36.4 Å². The van der Waals surface area contributed by atoms with E-state index in [1.807, 2.05) is 0 Å². The second-order valence-corrected chi connectivity index (χ2v) is 14.0. The Kier molecular flexibility index (Phi) is 13.0. The van der Waals surface area contributed by atoms with Crippen molar-refractivity contribution in [2.45, 2.75) is 139 Å². The minimum absolute atomic E-state index is 0.657. The van der Waals surface area contributed by atoms with E-state index in [1.54, 1.807) is 49.3 Å². The Labute approximate surface area is 249 Å². The zero-order valence-electron chi connectivity index (χ0n) is 27.4. The quantitative estimate of drug-likeness (QED) is 0.163. The van der Waals surface area contributed by atoms with Crippen LogP contribution in [0.5, 0.6) is 0 Å². The average molecular weight is 557 g/mol. The van der Waals surface area contributed by atoms with Crippen LogP contribution in [0.3, 0.4) is 0 Å². The fraction of sp³-hybridized carbons (Fsp3) is 0.538. The van der Waals surface area contributed by atoms with Crippen LogP contribution < -0.4 is 15.9 Å². The maximum absolute atomic E-state index is 2.57. The predicted octanol–water partition coefficient (Wildman–Crippen LogP) is 10.1. The van der Waals surface area contributed by atoms with Gasteiger partial charge in [0.25, 0.3) is 0 Å². The first-order valence-electron chi connectivity index (χ1n) is 16.5. The number of hydrogen-bond donors (Lipinski definition) is 0. The van der Waals surface area contributed by atoms with Gasteiger partial charge in [0.2, 0.25) is 0 Å². The van der Waals surface area contributed by atoms with E-state index < -0.39 is 7.92 Å². The van der Waals surface area contributed by atoms with E-state index in [2.05, 4.69) is 98.7 Å². The molecule has 0 fully saturated rings. The van der Waals surface area contributed by atoms with Gasteiger partial charge in [-0.1, -0.05) is 116 Å². The molecule has 3 rings (SSSR count). The van der Waals surface area contributed by atoms with Crippen molar-refractivity contribution in [1.29, 1.82) is 0 Å². The highest BCUT2D eigenvalue weighted by Gasteiger charge is 2.27. The number of aryl methyl sites for hydroxylation is 3. The molecular formula is C39H57P. The number of hydrogen-bond acceptors (Lipinski definition) is 0. The molecule has 0 aliphatic heterocycles. The van der Waals surface area contributed by atoms with Gasteiger partial charge < -0.3 is 0 Å². The molecular weight excluding hydrogens is 499 g/mol. The molecule has 0 aliphatic carbocycles. The minimum Gasteiger partial charge on any atom is -0.0651 e. The van der Waals surface area contributed by atoms with Crippen LogP contribution in [0.2, 0.25) is 0 Å². The van der Waals surface area contributed by atoms with Crippen molar-refractivity contribution in [3.8, 4) is 0 Å². The predicted molar refractivity (Wildman–Crippen MR) is 183 cm³/mol. The maximum Gasteiger partial charge on any atom is -0.0116 e. The van der Waals surface area contributed by atoms with Crippen molar-refractivity contribution in [3.05, 3.63) is 86.5 Å². The van der Waals surface area contributed by atoms with Crippen LogP contribution >= 0.6 is 7.92 Å². The zero-order valence-corrected chi connectivity index (χ0v) is 28.3. The summed E-state index contributed by atoms with van der Waals surface area (Å²) < 4.78 is 0. The van der Waals surface area contributed by atoms with Crippen LogP contribution in [-0.2, 0) is 38.5 Å². The van der Waals surface area contributed by atoms with Crippen LogP contribution in [0.4, 0.5) is 0 Å². The van der Waals surface area contributed by atoms with Crippen molar-refractivity contribution < 1.29 is 0 Å². The normalized spacial score (nSPS) is 11.6. The first-order chi connectivity index (χ1) is 19.4. The standard InChI is InChI=1S/C39H57P/c1-10-16-31-23-26-38(35(20-14-5)33(31)18-12-3)40(37-25-22-28(7)29(8)30(37)9)39-27-24-32(17-11-2)34(19-13-4)36(39)21-15-6/h22-27H,10-21H2,1-9H3. The van der Waals surface area contributed by atoms with Crippen molar-refractivity contribution >= 4 is 23.8 Å². The highest BCUT2D eigenvalue weighted by Crippen LogP contribution is 2.41. The first kappa shape index (κ1) is 32.6. The molecule has 0 unspecified atom stereocenters. The van der Waals surface area contributed by atoms with E-state index in [0.29, 0.717) is 0 Å². The summed E-state index contributed by atoms with van der Waals surface area (Å²) in [5, 5.41) is 4.84. The van der Waals surface area contributed by atoms with Gasteiger partial charge in [-0.15, -0.1) is 0 Å². The molecule has 0 heterocycles. The fourth-order valence-electron chi connectivity index (χ4n) is 6.64. The first-order valence-corrected chi connectivity index (χ1v) is 17.9. The van der Waals surface area contributed by atoms with Gasteiger partial charge in [-0.25, -0.2) is 0 Å². The highest BCUT2D eigenvalue weighted by atomic mass is 31.1. The van der Waals surface area contributed by atoms with Gasteiger partial charge in [-0.3, -0.25) is 0 Å². The average Bonchev–Trinajstić information content (AvgIpc) is 2.94. The third-order valence-electron chi connectivity index (χ3n) is 8.80. The molecule has 3 aromatic rings. The van der Waals surface area contributed by atoms with E-state index in [0.717, 1.165) is 0 Å². The van der Waals surface area contributed by atoms with E-state index in [-0.39, 0.29) is 0 Å². The zero-order chi connectivity index (χ0) is 29.2. The summed E-state index contributed by atoms with van der Waals surface area (Å²) in [4.78, 5) is 0. The van der Waals surface area contributed by atoms with Crippen molar-refractivity contribution in [2.24, 2.45) is 0 Å². The smallest absolute Gasteiger partial charge is 0.0116 e. The molecule has 0 N–H and O–H groups in total. The summed E-state index contributed by atoms with van der Waals surface area (Å²) in [6.45, 7) is 21.1. The molecule has 0 atom stereocenters.